The fourth-order valence-corrected chi connectivity index (χ4v) is 3.13. The van der Waals surface area contributed by atoms with Crippen molar-refractivity contribution < 1.29 is 0 Å². The topological polar surface area (TPSA) is 32.5 Å². The summed E-state index contributed by atoms with van der Waals surface area (Å²) in [7, 11) is 2.20. The first-order valence-corrected chi connectivity index (χ1v) is 7.27. The Balaban J connectivity index is 2.29. The highest BCUT2D eigenvalue weighted by Gasteiger charge is 2.26. The van der Waals surface area contributed by atoms with Crippen LogP contribution in [0, 0.1) is 13.8 Å². The third-order valence-corrected chi connectivity index (χ3v) is 4.55. The summed E-state index contributed by atoms with van der Waals surface area (Å²) >= 11 is 0. The molecule has 2 unspecified atom stereocenters. The summed E-state index contributed by atoms with van der Waals surface area (Å²) in [6.07, 6.45) is 1.20. The molecule has 2 atom stereocenters. The van der Waals surface area contributed by atoms with E-state index < -0.39 is 0 Å². The molecule has 1 aromatic rings. The lowest BCUT2D eigenvalue weighted by atomic mass is 10.1. The summed E-state index contributed by atoms with van der Waals surface area (Å²) in [5.41, 5.74) is 10.1. The maximum absolute atomic E-state index is 5.97. The van der Waals surface area contributed by atoms with Gasteiger partial charge >= 0.3 is 0 Å². The van der Waals surface area contributed by atoms with E-state index in [0.717, 1.165) is 19.6 Å². The number of benzene rings is 1. The van der Waals surface area contributed by atoms with E-state index in [1.807, 2.05) is 0 Å². The molecule has 1 aromatic carbocycles. The molecule has 0 saturated carbocycles. The van der Waals surface area contributed by atoms with Gasteiger partial charge in [0.05, 0.1) is 0 Å². The second-order valence-electron chi connectivity index (χ2n) is 5.88. The van der Waals surface area contributed by atoms with E-state index in [9.17, 15) is 0 Å². The molecule has 0 amide bonds. The standard InChI is InChI=1S/C16H27N3/c1-12-6-5-7-13(2)16(12)19-9-8-14(3)18(4)15(10-17)11-19/h5-7,14-15H,8-11,17H2,1-4H3. The fourth-order valence-electron chi connectivity index (χ4n) is 3.13. The van der Waals surface area contributed by atoms with E-state index in [1.54, 1.807) is 0 Å². The zero-order valence-corrected chi connectivity index (χ0v) is 12.7. The molecule has 0 radical (unpaired) electrons. The number of anilines is 1. The molecule has 1 aliphatic heterocycles. The number of nitrogens with zero attached hydrogens (tertiary/aromatic N) is 2. The molecule has 0 spiro atoms. The number of hydrogen-bond donors (Lipinski definition) is 1. The predicted octanol–water partition coefficient (Wildman–Crippen LogP) is 2.16. The van der Waals surface area contributed by atoms with Gasteiger partial charge in [0.25, 0.3) is 0 Å². The van der Waals surface area contributed by atoms with Crippen LogP contribution >= 0.6 is 0 Å². The summed E-state index contributed by atoms with van der Waals surface area (Å²) < 4.78 is 0. The van der Waals surface area contributed by atoms with E-state index in [0.29, 0.717) is 12.1 Å². The van der Waals surface area contributed by atoms with Crippen molar-refractivity contribution in [2.75, 3.05) is 31.6 Å². The monoisotopic (exact) mass is 261 g/mol. The van der Waals surface area contributed by atoms with Crippen molar-refractivity contribution in [2.45, 2.75) is 39.3 Å². The van der Waals surface area contributed by atoms with Gasteiger partial charge < -0.3 is 10.6 Å². The highest BCUT2D eigenvalue weighted by Crippen LogP contribution is 2.27. The third kappa shape index (κ3) is 2.93. The van der Waals surface area contributed by atoms with Crippen molar-refractivity contribution in [1.82, 2.24) is 4.90 Å². The molecule has 1 heterocycles. The first-order valence-electron chi connectivity index (χ1n) is 7.27. The smallest absolute Gasteiger partial charge is 0.0426 e. The molecule has 3 heteroatoms. The van der Waals surface area contributed by atoms with E-state index in [4.69, 9.17) is 5.73 Å². The lowest BCUT2D eigenvalue weighted by Crippen LogP contribution is -2.46. The molecule has 1 fully saturated rings. The first-order chi connectivity index (χ1) is 9.04. The van der Waals surface area contributed by atoms with Crippen molar-refractivity contribution in [3.8, 4) is 0 Å². The normalized spacial score (nSPS) is 25.4. The predicted molar refractivity (Wildman–Crippen MR) is 82.8 cm³/mol. The Hall–Kier alpha value is -1.06. The lowest BCUT2D eigenvalue weighted by Gasteiger charge is -2.32. The highest BCUT2D eigenvalue weighted by molar-refractivity contribution is 5.59. The van der Waals surface area contributed by atoms with Crippen LogP contribution in [-0.4, -0.2) is 43.7 Å². The molecule has 0 aromatic heterocycles. The highest BCUT2D eigenvalue weighted by atomic mass is 15.3. The van der Waals surface area contributed by atoms with Gasteiger partial charge in [0.1, 0.15) is 0 Å². The SMILES string of the molecule is Cc1cccc(C)c1N1CCC(C)N(C)C(CN)C1. The molecule has 19 heavy (non-hydrogen) atoms. The van der Waals surface area contributed by atoms with Crippen LogP contribution in [0.2, 0.25) is 0 Å². The summed E-state index contributed by atoms with van der Waals surface area (Å²) in [4.78, 5) is 4.97. The summed E-state index contributed by atoms with van der Waals surface area (Å²) in [5, 5.41) is 0. The Morgan fingerprint density at radius 3 is 2.47 bits per heavy atom. The zero-order valence-electron chi connectivity index (χ0n) is 12.7. The Morgan fingerprint density at radius 2 is 1.89 bits per heavy atom. The second kappa shape index (κ2) is 5.93. The molecule has 2 rings (SSSR count). The van der Waals surface area contributed by atoms with Crippen LogP contribution in [-0.2, 0) is 0 Å². The Labute approximate surface area is 117 Å². The minimum absolute atomic E-state index is 0.441. The van der Waals surface area contributed by atoms with E-state index >= 15 is 0 Å². The van der Waals surface area contributed by atoms with Crippen molar-refractivity contribution in [1.29, 1.82) is 0 Å². The summed E-state index contributed by atoms with van der Waals surface area (Å²) in [6.45, 7) is 9.59. The quantitative estimate of drug-likeness (QED) is 0.885. The molecule has 106 valence electrons. The summed E-state index contributed by atoms with van der Waals surface area (Å²) in [6, 6.07) is 7.59. The van der Waals surface area contributed by atoms with Gasteiger partial charge in [-0.25, -0.2) is 0 Å². The largest absolute Gasteiger partial charge is 0.369 e. The van der Waals surface area contributed by atoms with E-state index in [2.05, 4.69) is 55.8 Å². The van der Waals surface area contributed by atoms with Gasteiger partial charge in [-0.2, -0.15) is 0 Å². The maximum atomic E-state index is 5.97. The van der Waals surface area contributed by atoms with Gasteiger partial charge in [-0.15, -0.1) is 0 Å². The lowest BCUT2D eigenvalue weighted by molar-refractivity contribution is 0.201. The molecular formula is C16H27N3. The Bertz CT molecular complexity index is 410. The first kappa shape index (κ1) is 14.4. The molecule has 1 aliphatic rings. The van der Waals surface area contributed by atoms with Crippen molar-refractivity contribution in [3.63, 3.8) is 0 Å². The van der Waals surface area contributed by atoms with Crippen LogP contribution in [0.1, 0.15) is 24.5 Å². The van der Waals surface area contributed by atoms with Crippen molar-refractivity contribution in [3.05, 3.63) is 29.3 Å². The Morgan fingerprint density at radius 1 is 1.26 bits per heavy atom. The van der Waals surface area contributed by atoms with Crippen molar-refractivity contribution >= 4 is 5.69 Å². The van der Waals surface area contributed by atoms with Crippen LogP contribution in [0.25, 0.3) is 0 Å². The number of rotatable bonds is 2. The minimum atomic E-state index is 0.441. The second-order valence-corrected chi connectivity index (χ2v) is 5.88. The van der Waals surface area contributed by atoms with Gasteiger partial charge in [-0.05, 0) is 45.4 Å². The average Bonchev–Trinajstić information content (AvgIpc) is 2.52. The number of hydrogen-bond acceptors (Lipinski definition) is 3. The van der Waals surface area contributed by atoms with Crippen LogP contribution in [0.5, 0.6) is 0 Å². The maximum Gasteiger partial charge on any atom is 0.0426 e. The van der Waals surface area contributed by atoms with E-state index in [1.165, 1.54) is 23.2 Å². The van der Waals surface area contributed by atoms with Gasteiger partial charge in [-0.1, -0.05) is 18.2 Å². The molecule has 2 N–H and O–H groups in total. The zero-order chi connectivity index (χ0) is 14.0. The van der Waals surface area contributed by atoms with Gasteiger partial charge in [-0.3, -0.25) is 4.90 Å². The number of nitrogens with two attached hydrogens (primary N) is 1. The van der Waals surface area contributed by atoms with Crippen molar-refractivity contribution in [2.24, 2.45) is 5.73 Å². The number of para-hydroxylation sites is 1. The molecule has 0 aliphatic carbocycles. The van der Waals surface area contributed by atoms with E-state index in [-0.39, 0.29) is 0 Å². The fraction of sp³-hybridized carbons (Fsp3) is 0.625. The molecule has 3 nitrogen and oxygen atoms in total. The number of likely N-dealkylation sites (N-methyl/N-ethyl adjacent to an activating group) is 1. The van der Waals surface area contributed by atoms with Gasteiger partial charge in [0, 0.05) is 37.4 Å². The van der Waals surface area contributed by atoms with Gasteiger partial charge in [0.15, 0.2) is 0 Å². The summed E-state index contributed by atoms with van der Waals surface area (Å²) in [5.74, 6) is 0. The minimum Gasteiger partial charge on any atom is -0.369 e. The molecule has 1 saturated heterocycles. The van der Waals surface area contributed by atoms with Crippen LogP contribution in [0.3, 0.4) is 0 Å². The van der Waals surface area contributed by atoms with Crippen LogP contribution < -0.4 is 10.6 Å². The molecular weight excluding hydrogens is 234 g/mol. The van der Waals surface area contributed by atoms with Crippen LogP contribution in [0.15, 0.2) is 18.2 Å². The molecule has 0 bridgehead atoms. The Kier molecular flexibility index (Phi) is 4.48. The average molecular weight is 261 g/mol. The number of aryl methyl sites for hydroxylation is 2. The van der Waals surface area contributed by atoms with Crippen LogP contribution in [0.4, 0.5) is 5.69 Å². The van der Waals surface area contributed by atoms with Gasteiger partial charge in [0.2, 0.25) is 0 Å². The third-order valence-electron chi connectivity index (χ3n) is 4.55.